The third kappa shape index (κ3) is 4.18. The molecule has 4 nitrogen and oxygen atoms in total. The first kappa shape index (κ1) is 14.8. The Labute approximate surface area is 109 Å². The van der Waals surface area contributed by atoms with Gasteiger partial charge in [-0.1, -0.05) is 20.3 Å². The number of hydrogen-bond acceptors (Lipinski definition) is 4. The van der Waals surface area contributed by atoms with Crippen molar-refractivity contribution in [1.82, 2.24) is 5.32 Å². The van der Waals surface area contributed by atoms with Crippen molar-refractivity contribution in [2.45, 2.75) is 45.7 Å². The van der Waals surface area contributed by atoms with E-state index in [0.29, 0.717) is 0 Å². The van der Waals surface area contributed by atoms with Gasteiger partial charge in [-0.3, -0.25) is 4.79 Å². The van der Waals surface area contributed by atoms with Crippen molar-refractivity contribution in [3.63, 3.8) is 0 Å². The SMILES string of the molecule is CCC(C)C(NC(C)Cc1ccco1)C(=O)OC. The predicted octanol–water partition coefficient (Wildman–Crippen LogP) is 2.39. The highest BCUT2D eigenvalue weighted by molar-refractivity contribution is 5.76. The van der Waals surface area contributed by atoms with Crippen molar-refractivity contribution in [3.8, 4) is 0 Å². The molecule has 0 aliphatic rings. The largest absolute Gasteiger partial charge is 0.469 e. The Morgan fingerprint density at radius 1 is 1.50 bits per heavy atom. The average Bonchev–Trinajstić information content (AvgIpc) is 2.86. The molecular formula is C14H23NO3. The van der Waals surface area contributed by atoms with E-state index in [0.717, 1.165) is 18.6 Å². The van der Waals surface area contributed by atoms with Crippen LogP contribution in [0.1, 0.15) is 33.0 Å². The van der Waals surface area contributed by atoms with Gasteiger partial charge in [0, 0.05) is 12.5 Å². The van der Waals surface area contributed by atoms with Gasteiger partial charge in [-0.15, -0.1) is 0 Å². The maximum Gasteiger partial charge on any atom is 0.323 e. The van der Waals surface area contributed by atoms with Crippen LogP contribution in [-0.2, 0) is 16.0 Å². The molecule has 0 aromatic carbocycles. The van der Waals surface area contributed by atoms with Crippen LogP contribution in [0.25, 0.3) is 0 Å². The van der Waals surface area contributed by atoms with E-state index in [4.69, 9.17) is 9.15 Å². The van der Waals surface area contributed by atoms with E-state index < -0.39 is 0 Å². The average molecular weight is 253 g/mol. The minimum absolute atomic E-state index is 0.161. The summed E-state index contributed by atoms with van der Waals surface area (Å²) in [5, 5.41) is 3.32. The van der Waals surface area contributed by atoms with E-state index in [-0.39, 0.29) is 24.0 Å². The van der Waals surface area contributed by atoms with Gasteiger partial charge >= 0.3 is 5.97 Å². The molecule has 4 heteroatoms. The van der Waals surface area contributed by atoms with Crippen molar-refractivity contribution in [2.24, 2.45) is 5.92 Å². The number of ether oxygens (including phenoxy) is 1. The van der Waals surface area contributed by atoms with Crippen LogP contribution in [-0.4, -0.2) is 25.2 Å². The molecular weight excluding hydrogens is 230 g/mol. The van der Waals surface area contributed by atoms with Gasteiger partial charge in [0.2, 0.25) is 0 Å². The smallest absolute Gasteiger partial charge is 0.323 e. The van der Waals surface area contributed by atoms with Gasteiger partial charge < -0.3 is 14.5 Å². The fourth-order valence-electron chi connectivity index (χ4n) is 1.92. The summed E-state index contributed by atoms with van der Waals surface area (Å²) < 4.78 is 10.1. The minimum atomic E-state index is -0.259. The van der Waals surface area contributed by atoms with Crippen molar-refractivity contribution in [2.75, 3.05) is 7.11 Å². The molecule has 0 spiro atoms. The molecule has 0 radical (unpaired) electrons. The summed E-state index contributed by atoms with van der Waals surface area (Å²) in [6.07, 6.45) is 3.35. The highest BCUT2D eigenvalue weighted by atomic mass is 16.5. The first-order chi connectivity index (χ1) is 8.58. The molecule has 0 aliphatic heterocycles. The number of hydrogen-bond donors (Lipinski definition) is 1. The first-order valence-electron chi connectivity index (χ1n) is 6.44. The van der Waals surface area contributed by atoms with Gasteiger partial charge in [-0.05, 0) is 25.0 Å². The monoisotopic (exact) mass is 253 g/mol. The molecule has 1 N–H and O–H groups in total. The summed E-state index contributed by atoms with van der Waals surface area (Å²) >= 11 is 0. The Bertz CT molecular complexity index is 348. The van der Waals surface area contributed by atoms with Crippen LogP contribution in [0, 0.1) is 5.92 Å². The van der Waals surface area contributed by atoms with E-state index in [1.54, 1.807) is 6.26 Å². The topological polar surface area (TPSA) is 51.5 Å². The Morgan fingerprint density at radius 3 is 2.72 bits per heavy atom. The molecule has 18 heavy (non-hydrogen) atoms. The van der Waals surface area contributed by atoms with Crippen LogP contribution in [0.3, 0.4) is 0 Å². The fraction of sp³-hybridized carbons (Fsp3) is 0.643. The number of carbonyl (C=O) groups excluding carboxylic acids is 1. The second kappa shape index (κ2) is 7.21. The number of nitrogens with one attached hydrogen (secondary N) is 1. The normalized spacial score (nSPS) is 16.0. The maximum absolute atomic E-state index is 11.7. The number of rotatable bonds is 7. The number of methoxy groups -OCH3 is 1. The van der Waals surface area contributed by atoms with Crippen LogP contribution in [0.4, 0.5) is 0 Å². The van der Waals surface area contributed by atoms with E-state index in [9.17, 15) is 4.79 Å². The minimum Gasteiger partial charge on any atom is -0.469 e. The third-order valence-corrected chi connectivity index (χ3v) is 3.22. The molecule has 1 heterocycles. The van der Waals surface area contributed by atoms with Crippen LogP contribution in [0.15, 0.2) is 22.8 Å². The number of carbonyl (C=O) groups is 1. The van der Waals surface area contributed by atoms with Crippen LogP contribution >= 0.6 is 0 Å². The summed E-state index contributed by atoms with van der Waals surface area (Å²) in [6, 6.07) is 3.71. The molecule has 0 saturated carbocycles. The molecule has 1 aromatic rings. The first-order valence-corrected chi connectivity index (χ1v) is 6.44. The van der Waals surface area contributed by atoms with Crippen molar-refractivity contribution in [1.29, 1.82) is 0 Å². The molecule has 3 unspecified atom stereocenters. The lowest BCUT2D eigenvalue weighted by molar-refractivity contribution is -0.144. The lowest BCUT2D eigenvalue weighted by Gasteiger charge is -2.25. The third-order valence-electron chi connectivity index (χ3n) is 3.22. The molecule has 1 rings (SSSR count). The van der Waals surface area contributed by atoms with Crippen LogP contribution in [0.5, 0.6) is 0 Å². The van der Waals surface area contributed by atoms with Crippen molar-refractivity contribution < 1.29 is 13.9 Å². The molecule has 0 saturated heterocycles. The lowest BCUT2D eigenvalue weighted by atomic mass is 9.98. The summed E-state index contributed by atoms with van der Waals surface area (Å²) in [6.45, 7) is 6.16. The Kier molecular flexibility index (Phi) is 5.92. The van der Waals surface area contributed by atoms with E-state index in [2.05, 4.69) is 12.2 Å². The Hall–Kier alpha value is -1.29. The maximum atomic E-state index is 11.7. The predicted molar refractivity (Wildman–Crippen MR) is 70.3 cm³/mol. The van der Waals surface area contributed by atoms with Crippen LogP contribution in [0.2, 0.25) is 0 Å². The molecule has 0 aliphatic carbocycles. The zero-order valence-corrected chi connectivity index (χ0v) is 11.6. The lowest BCUT2D eigenvalue weighted by Crippen LogP contribution is -2.47. The quantitative estimate of drug-likeness (QED) is 0.758. The van der Waals surface area contributed by atoms with Crippen molar-refractivity contribution in [3.05, 3.63) is 24.2 Å². The summed E-state index contributed by atoms with van der Waals surface area (Å²) in [7, 11) is 1.43. The number of esters is 1. The molecule has 0 amide bonds. The second-order valence-corrected chi connectivity index (χ2v) is 4.74. The van der Waals surface area contributed by atoms with Gasteiger partial charge in [0.05, 0.1) is 13.4 Å². The van der Waals surface area contributed by atoms with Gasteiger partial charge in [-0.2, -0.15) is 0 Å². The molecule has 102 valence electrons. The summed E-state index contributed by atoms with van der Waals surface area (Å²) in [5.41, 5.74) is 0. The summed E-state index contributed by atoms with van der Waals surface area (Å²) in [4.78, 5) is 11.7. The molecule has 0 fully saturated rings. The zero-order chi connectivity index (χ0) is 13.5. The summed E-state index contributed by atoms with van der Waals surface area (Å²) in [5.74, 6) is 0.968. The highest BCUT2D eigenvalue weighted by Gasteiger charge is 2.26. The van der Waals surface area contributed by atoms with Gasteiger partial charge in [0.15, 0.2) is 0 Å². The van der Waals surface area contributed by atoms with Crippen LogP contribution < -0.4 is 5.32 Å². The molecule has 0 bridgehead atoms. The molecule has 1 aromatic heterocycles. The van der Waals surface area contributed by atoms with Gasteiger partial charge in [0.25, 0.3) is 0 Å². The zero-order valence-electron chi connectivity index (χ0n) is 11.6. The van der Waals surface area contributed by atoms with E-state index in [1.165, 1.54) is 7.11 Å². The fourth-order valence-corrected chi connectivity index (χ4v) is 1.92. The van der Waals surface area contributed by atoms with Gasteiger partial charge in [0.1, 0.15) is 11.8 Å². The standard InChI is InChI=1S/C14H23NO3/c1-5-10(2)13(14(16)17-4)15-11(3)9-12-7-6-8-18-12/h6-8,10-11,13,15H,5,9H2,1-4H3. The highest BCUT2D eigenvalue weighted by Crippen LogP contribution is 2.12. The second-order valence-electron chi connectivity index (χ2n) is 4.74. The van der Waals surface area contributed by atoms with E-state index >= 15 is 0 Å². The van der Waals surface area contributed by atoms with Gasteiger partial charge in [-0.25, -0.2) is 0 Å². The Morgan fingerprint density at radius 2 is 2.22 bits per heavy atom. The number of furan rings is 1. The Balaban J connectivity index is 2.56. The molecule has 3 atom stereocenters. The van der Waals surface area contributed by atoms with Crippen molar-refractivity contribution >= 4 is 5.97 Å². The van der Waals surface area contributed by atoms with E-state index in [1.807, 2.05) is 26.0 Å².